The van der Waals surface area contributed by atoms with E-state index in [0.29, 0.717) is 17.5 Å². The van der Waals surface area contributed by atoms with E-state index in [4.69, 9.17) is 5.26 Å². The van der Waals surface area contributed by atoms with Gasteiger partial charge in [0.25, 0.3) is 0 Å². The molecule has 0 saturated carbocycles. The summed E-state index contributed by atoms with van der Waals surface area (Å²) in [6, 6.07) is 16.2. The van der Waals surface area contributed by atoms with E-state index in [-0.39, 0.29) is 11.3 Å². The zero-order valence-corrected chi connectivity index (χ0v) is 10.9. The molecule has 0 spiro atoms. The summed E-state index contributed by atoms with van der Waals surface area (Å²) >= 11 is 0. The maximum absolute atomic E-state index is 9.64. The van der Waals surface area contributed by atoms with Gasteiger partial charge in [0.2, 0.25) is 5.95 Å². The van der Waals surface area contributed by atoms with Gasteiger partial charge in [-0.1, -0.05) is 30.3 Å². The molecule has 1 heterocycles. The summed E-state index contributed by atoms with van der Waals surface area (Å²) < 4.78 is 0. The third-order valence-electron chi connectivity index (χ3n) is 2.91. The van der Waals surface area contributed by atoms with Crippen molar-refractivity contribution < 1.29 is 5.11 Å². The maximum atomic E-state index is 9.64. The Bertz CT molecular complexity index is 804. The van der Waals surface area contributed by atoms with Crippen LogP contribution in [-0.4, -0.2) is 20.3 Å². The predicted octanol–water partition coefficient (Wildman–Crippen LogP) is 2.79. The highest BCUT2D eigenvalue weighted by Crippen LogP contribution is 2.23. The summed E-state index contributed by atoms with van der Waals surface area (Å²) in [5.74, 6) is 1.03. The second-order valence-electron chi connectivity index (χ2n) is 4.36. The predicted molar refractivity (Wildman–Crippen MR) is 77.9 cm³/mol. The lowest BCUT2D eigenvalue weighted by atomic mass is 10.2. The number of phenolic OH excluding ortho intramolecular Hbond substituents is 1. The minimum atomic E-state index is -0.0784. The fourth-order valence-corrected chi connectivity index (χ4v) is 1.88. The number of benzene rings is 2. The largest absolute Gasteiger partial charge is 0.506 e. The van der Waals surface area contributed by atoms with Crippen LogP contribution in [0.4, 0.5) is 11.6 Å². The summed E-state index contributed by atoms with van der Waals surface area (Å²) in [6.45, 7) is 0. The van der Waals surface area contributed by atoms with Crippen molar-refractivity contribution in [1.82, 2.24) is 15.2 Å². The molecule has 0 radical (unpaired) electrons. The van der Waals surface area contributed by atoms with Gasteiger partial charge in [-0.3, -0.25) is 0 Å². The van der Waals surface area contributed by atoms with Gasteiger partial charge in [0.15, 0.2) is 5.82 Å². The van der Waals surface area contributed by atoms with Gasteiger partial charge in [-0.15, -0.1) is 10.2 Å². The summed E-state index contributed by atoms with van der Waals surface area (Å²) in [7, 11) is 0. The van der Waals surface area contributed by atoms with Crippen LogP contribution in [0.1, 0.15) is 5.56 Å². The fourth-order valence-electron chi connectivity index (χ4n) is 1.88. The number of nitrogens with one attached hydrogen (secondary N) is 2. The van der Waals surface area contributed by atoms with Gasteiger partial charge in [0.1, 0.15) is 11.8 Å². The molecular formula is C15H11N5O. The van der Waals surface area contributed by atoms with Crippen molar-refractivity contribution in [2.75, 3.05) is 5.32 Å². The number of rotatable bonds is 3. The first-order valence-corrected chi connectivity index (χ1v) is 6.24. The topological polar surface area (TPSA) is 97.6 Å². The average Bonchev–Trinajstić information content (AvgIpc) is 2.97. The molecule has 0 fully saturated rings. The quantitative estimate of drug-likeness (QED) is 0.683. The van der Waals surface area contributed by atoms with Gasteiger partial charge in [-0.2, -0.15) is 5.26 Å². The third-order valence-corrected chi connectivity index (χ3v) is 2.91. The second-order valence-corrected chi connectivity index (χ2v) is 4.36. The van der Waals surface area contributed by atoms with Crippen LogP contribution in [0.2, 0.25) is 0 Å². The van der Waals surface area contributed by atoms with Crippen LogP contribution in [-0.2, 0) is 0 Å². The highest BCUT2D eigenvalue weighted by molar-refractivity contribution is 5.62. The minimum absolute atomic E-state index is 0.0784. The number of aromatic nitrogens is 3. The number of nitrogens with zero attached hydrogens (tertiary/aromatic N) is 3. The molecule has 3 rings (SSSR count). The SMILES string of the molecule is N#Cc1ccc(Nc2nnc(-c3ccccc3)[nH]2)cc1O. The molecule has 3 N–H and O–H groups in total. The van der Waals surface area contributed by atoms with Crippen LogP contribution in [0.3, 0.4) is 0 Å². The molecule has 0 aliphatic carbocycles. The first-order valence-electron chi connectivity index (χ1n) is 6.24. The Hall–Kier alpha value is -3.33. The van der Waals surface area contributed by atoms with Crippen LogP contribution in [0.25, 0.3) is 11.4 Å². The first-order chi connectivity index (χ1) is 10.3. The number of hydrogen-bond acceptors (Lipinski definition) is 5. The smallest absolute Gasteiger partial charge is 0.226 e. The number of nitriles is 1. The monoisotopic (exact) mass is 277 g/mol. The number of phenols is 1. The van der Waals surface area contributed by atoms with Crippen LogP contribution in [0.5, 0.6) is 5.75 Å². The minimum Gasteiger partial charge on any atom is -0.506 e. The Morgan fingerprint density at radius 2 is 1.90 bits per heavy atom. The molecule has 0 atom stereocenters. The summed E-state index contributed by atoms with van der Waals surface area (Å²) in [5, 5.41) is 29.5. The van der Waals surface area contributed by atoms with Crippen molar-refractivity contribution in [2.45, 2.75) is 0 Å². The molecule has 1 aromatic heterocycles. The van der Waals surface area contributed by atoms with E-state index in [1.807, 2.05) is 36.4 Å². The molecule has 102 valence electrons. The van der Waals surface area contributed by atoms with Crippen LogP contribution >= 0.6 is 0 Å². The van der Waals surface area contributed by atoms with Crippen LogP contribution in [0, 0.1) is 11.3 Å². The van der Waals surface area contributed by atoms with E-state index >= 15 is 0 Å². The van der Waals surface area contributed by atoms with Crippen molar-refractivity contribution in [3.05, 3.63) is 54.1 Å². The number of anilines is 2. The van der Waals surface area contributed by atoms with E-state index in [1.54, 1.807) is 6.07 Å². The van der Waals surface area contributed by atoms with Gasteiger partial charge in [-0.25, -0.2) is 0 Å². The Kier molecular flexibility index (Phi) is 3.23. The first kappa shape index (κ1) is 12.7. The average molecular weight is 277 g/mol. The zero-order chi connectivity index (χ0) is 14.7. The molecule has 0 bridgehead atoms. The molecule has 6 heteroatoms. The second kappa shape index (κ2) is 5.35. The molecule has 21 heavy (non-hydrogen) atoms. The summed E-state index contributed by atoms with van der Waals surface area (Å²) in [5.41, 5.74) is 1.77. The Morgan fingerprint density at radius 1 is 1.10 bits per heavy atom. The lowest BCUT2D eigenvalue weighted by molar-refractivity contribution is 0.474. The van der Waals surface area contributed by atoms with Crippen molar-refractivity contribution >= 4 is 11.6 Å². The Morgan fingerprint density at radius 3 is 2.62 bits per heavy atom. The van der Waals surface area contributed by atoms with Crippen molar-refractivity contribution in [3.8, 4) is 23.2 Å². The maximum Gasteiger partial charge on any atom is 0.226 e. The van der Waals surface area contributed by atoms with E-state index in [2.05, 4.69) is 20.5 Å². The number of H-pyrrole nitrogens is 1. The molecule has 2 aromatic carbocycles. The summed E-state index contributed by atoms with van der Waals surface area (Å²) in [6.07, 6.45) is 0. The lowest BCUT2D eigenvalue weighted by Crippen LogP contribution is -1.92. The Balaban J connectivity index is 1.82. The van der Waals surface area contributed by atoms with E-state index < -0.39 is 0 Å². The van der Waals surface area contributed by atoms with E-state index in [0.717, 1.165) is 5.56 Å². The van der Waals surface area contributed by atoms with E-state index in [9.17, 15) is 5.11 Å². The number of hydrogen-bond donors (Lipinski definition) is 3. The van der Waals surface area contributed by atoms with Crippen molar-refractivity contribution in [3.63, 3.8) is 0 Å². The van der Waals surface area contributed by atoms with Crippen LogP contribution < -0.4 is 5.32 Å². The molecule has 3 aromatic rings. The Labute approximate surface area is 120 Å². The molecule has 0 unspecified atom stereocenters. The molecule has 0 amide bonds. The number of aromatic amines is 1. The summed E-state index contributed by atoms with van der Waals surface area (Å²) in [4.78, 5) is 3.05. The highest BCUT2D eigenvalue weighted by atomic mass is 16.3. The van der Waals surface area contributed by atoms with Gasteiger partial charge in [-0.05, 0) is 12.1 Å². The molecule has 6 nitrogen and oxygen atoms in total. The van der Waals surface area contributed by atoms with Crippen molar-refractivity contribution in [1.29, 1.82) is 5.26 Å². The highest BCUT2D eigenvalue weighted by Gasteiger charge is 2.06. The van der Waals surface area contributed by atoms with Gasteiger partial charge < -0.3 is 15.4 Å². The van der Waals surface area contributed by atoms with Gasteiger partial charge >= 0.3 is 0 Å². The fraction of sp³-hybridized carbons (Fsp3) is 0. The van der Waals surface area contributed by atoms with Crippen molar-refractivity contribution in [2.24, 2.45) is 0 Å². The van der Waals surface area contributed by atoms with Crippen LogP contribution in [0.15, 0.2) is 48.5 Å². The standard InChI is InChI=1S/C15H11N5O/c16-9-11-6-7-12(8-13(11)21)17-15-18-14(19-20-15)10-4-2-1-3-5-10/h1-8,21H,(H2,17,18,19,20). The number of aromatic hydroxyl groups is 1. The van der Waals surface area contributed by atoms with Gasteiger partial charge in [0.05, 0.1) is 5.56 Å². The molecule has 0 saturated heterocycles. The zero-order valence-electron chi connectivity index (χ0n) is 10.9. The molecular weight excluding hydrogens is 266 g/mol. The lowest BCUT2D eigenvalue weighted by Gasteiger charge is -2.03. The molecule has 0 aliphatic rings. The van der Waals surface area contributed by atoms with Gasteiger partial charge in [0, 0.05) is 17.3 Å². The van der Waals surface area contributed by atoms with E-state index in [1.165, 1.54) is 12.1 Å². The normalized spacial score (nSPS) is 10.0. The molecule has 0 aliphatic heterocycles. The third kappa shape index (κ3) is 2.67.